The summed E-state index contributed by atoms with van der Waals surface area (Å²) in [5.41, 5.74) is 0. The molecule has 0 bridgehead atoms. The summed E-state index contributed by atoms with van der Waals surface area (Å²) in [5.74, 6) is 0. The van der Waals surface area contributed by atoms with Gasteiger partial charge in [0.25, 0.3) is 0 Å². The zero-order valence-electron chi connectivity index (χ0n) is 11.7. The van der Waals surface area contributed by atoms with E-state index in [1.54, 1.807) is 0 Å². The number of hydrogen-bond donors (Lipinski definition) is 0. The summed E-state index contributed by atoms with van der Waals surface area (Å²) in [6.45, 7) is 12.4. The monoisotopic (exact) mass is 221 g/mol. The van der Waals surface area contributed by atoms with Gasteiger partial charge in [0.1, 0.15) is 0 Å². The molecule has 0 aromatic carbocycles. The van der Waals surface area contributed by atoms with E-state index >= 15 is 0 Å². The molecule has 1 aromatic heterocycles. The molecule has 0 spiro atoms. The van der Waals surface area contributed by atoms with Gasteiger partial charge >= 0.3 is 0 Å². The number of hydrogen-bond acceptors (Lipinski definition) is 1. The van der Waals surface area contributed by atoms with Gasteiger partial charge in [-0.05, 0) is 29.8 Å². The predicted molar refractivity (Wildman–Crippen MR) is 75.7 cm³/mol. The number of nitrogens with zero attached hydrogens (tertiary/aromatic N) is 1. The Hall–Kier alpha value is -1.11. The molecule has 1 nitrogen and oxygen atoms in total. The minimum atomic E-state index is 1.07. The molecule has 0 aliphatic rings. The van der Waals surface area contributed by atoms with Crippen molar-refractivity contribution in [3.63, 3.8) is 0 Å². The highest BCUT2D eigenvalue weighted by Gasteiger charge is 1.80. The Morgan fingerprint density at radius 2 is 1.69 bits per heavy atom. The van der Waals surface area contributed by atoms with Crippen molar-refractivity contribution < 1.29 is 0 Å². The lowest BCUT2D eigenvalue weighted by Crippen LogP contribution is -2.23. The Morgan fingerprint density at radius 1 is 1.12 bits per heavy atom. The van der Waals surface area contributed by atoms with Crippen LogP contribution < -0.4 is 10.4 Å². The highest BCUT2D eigenvalue weighted by Crippen LogP contribution is 1.73. The van der Waals surface area contributed by atoms with Gasteiger partial charge in [0.15, 0.2) is 0 Å². The molecule has 0 radical (unpaired) electrons. The maximum Gasteiger partial charge on any atom is 0.0342 e. The van der Waals surface area contributed by atoms with Gasteiger partial charge in [-0.15, -0.1) is 0 Å². The summed E-state index contributed by atoms with van der Waals surface area (Å²) in [7, 11) is 0. The van der Waals surface area contributed by atoms with E-state index in [-0.39, 0.29) is 0 Å². The summed E-state index contributed by atoms with van der Waals surface area (Å²) in [4.78, 5) is 4.05. The van der Waals surface area contributed by atoms with Crippen LogP contribution in [-0.4, -0.2) is 4.98 Å². The molecule has 0 N–H and O–H groups in total. The minimum Gasteiger partial charge on any atom is -0.264 e. The average Bonchev–Trinajstić information content (AvgIpc) is 2.34. The van der Waals surface area contributed by atoms with Crippen molar-refractivity contribution in [2.45, 2.75) is 54.4 Å². The normalized spacial score (nSPS) is 11.1. The summed E-state index contributed by atoms with van der Waals surface area (Å²) in [6.07, 6.45) is 10.3. The van der Waals surface area contributed by atoms with E-state index in [1.807, 2.05) is 39.2 Å². The Kier molecular flexibility index (Phi) is 15.0. The molecular formula is C15H27N. The lowest BCUT2D eigenvalue weighted by atomic mass is 10.2. The molecule has 0 unspecified atom stereocenters. The third kappa shape index (κ3) is 8.22. The van der Waals surface area contributed by atoms with Gasteiger partial charge in [0.05, 0.1) is 0 Å². The number of aromatic nitrogens is 1. The van der Waals surface area contributed by atoms with Gasteiger partial charge < -0.3 is 0 Å². The van der Waals surface area contributed by atoms with Crippen molar-refractivity contribution in [2.24, 2.45) is 0 Å². The topological polar surface area (TPSA) is 12.9 Å². The average molecular weight is 221 g/mol. The smallest absolute Gasteiger partial charge is 0.0342 e. The highest BCUT2D eigenvalue weighted by molar-refractivity contribution is 5.28. The van der Waals surface area contributed by atoms with E-state index in [1.165, 1.54) is 16.9 Å². The first-order chi connectivity index (χ1) is 7.79. The maximum atomic E-state index is 4.05. The van der Waals surface area contributed by atoms with Crippen molar-refractivity contribution in [1.29, 1.82) is 0 Å². The summed E-state index contributed by atoms with van der Waals surface area (Å²) >= 11 is 0. The maximum absolute atomic E-state index is 4.05. The van der Waals surface area contributed by atoms with Crippen LogP contribution in [0.4, 0.5) is 0 Å². The lowest BCUT2D eigenvalue weighted by molar-refractivity contribution is 1.09. The largest absolute Gasteiger partial charge is 0.264 e. The van der Waals surface area contributed by atoms with Gasteiger partial charge in [-0.3, -0.25) is 4.98 Å². The molecule has 0 aliphatic heterocycles. The van der Waals surface area contributed by atoms with Crippen molar-refractivity contribution >= 4 is 12.2 Å². The molecule has 1 aromatic rings. The molecule has 0 saturated carbocycles. The SMILES string of the molecule is C/C=c1/cncc/c1=C/CC.CC.CCC. The molecule has 0 fully saturated rings. The molecule has 0 saturated heterocycles. The van der Waals surface area contributed by atoms with E-state index in [0.29, 0.717) is 0 Å². The molecule has 1 heterocycles. The van der Waals surface area contributed by atoms with Gasteiger partial charge in [0.2, 0.25) is 0 Å². The molecule has 0 aliphatic carbocycles. The van der Waals surface area contributed by atoms with E-state index in [2.05, 4.69) is 37.9 Å². The van der Waals surface area contributed by atoms with Gasteiger partial charge in [-0.25, -0.2) is 0 Å². The third-order valence-corrected chi connectivity index (χ3v) is 1.62. The highest BCUT2D eigenvalue weighted by atomic mass is 14.6. The van der Waals surface area contributed by atoms with Crippen LogP contribution >= 0.6 is 0 Å². The Labute approximate surface area is 101 Å². The molecule has 92 valence electrons. The van der Waals surface area contributed by atoms with Crippen LogP contribution in [-0.2, 0) is 0 Å². The predicted octanol–water partition coefficient (Wildman–Crippen LogP) is 3.52. The second-order valence-corrected chi connectivity index (χ2v) is 3.11. The molecule has 16 heavy (non-hydrogen) atoms. The van der Waals surface area contributed by atoms with E-state index in [9.17, 15) is 0 Å². The van der Waals surface area contributed by atoms with E-state index in [0.717, 1.165) is 6.42 Å². The Bertz CT molecular complexity index is 339. The van der Waals surface area contributed by atoms with Crippen molar-refractivity contribution in [2.75, 3.05) is 0 Å². The summed E-state index contributed by atoms with van der Waals surface area (Å²) in [6, 6.07) is 2.04. The fourth-order valence-corrected chi connectivity index (χ4v) is 1.06. The van der Waals surface area contributed by atoms with E-state index in [4.69, 9.17) is 0 Å². The van der Waals surface area contributed by atoms with Crippen LogP contribution in [0.1, 0.15) is 54.4 Å². The molecule has 0 amide bonds. The van der Waals surface area contributed by atoms with Crippen molar-refractivity contribution in [3.8, 4) is 0 Å². The second-order valence-electron chi connectivity index (χ2n) is 3.11. The third-order valence-electron chi connectivity index (χ3n) is 1.62. The van der Waals surface area contributed by atoms with Crippen molar-refractivity contribution in [3.05, 3.63) is 28.9 Å². The first kappa shape index (κ1) is 17.3. The Balaban J connectivity index is 0. The quantitative estimate of drug-likeness (QED) is 0.707. The number of pyridine rings is 1. The van der Waals surface area contributed by atoms with Gasteiger partial charge in [0, 0.05) is 12.4 Å². The summed E-state index contributed by atoms with van der Waals surface area (Å²) in [5, 5.41) is 2.50. The van der Waals surface area contributed by atoms with E-state index < -0.39 is 0 Å². The van der Waals surface area contributed by atoms with Crippen LogP contribution in [0.2, 0.25) is 0 Å². The Morgan fingerprint density at radius 3 is 2.12 bits per heavy atom. The second kappa shape index (κ2) is 13.9. The van der Waals surface area contributed by atoms with Crippen LogP contribution in [0.3, 0.4) is 0 Å². The van der Waals surface area contributed by atoms with Crippen LogP contribution in [0.25, 0.3) is 12.2 Å². The zero-order chi connectivity index (χ0) is 12.8. The molecule has 1 rings (SSSR count). The van der Waals surface area contributed by atoms with Crippen LogP contribution in [0.5, 0.6) is 0 Å². The fraction of sp³-hybridized carbons (Fsp3) is 0.533. The lowest BCUT2D eigenvalue weighted by Gasteiger charge is -1.86. The van der Waals surface area contributed by atoms with Gasteiger partial charge in [-0.1, -0.05) is 53.2 Å². The standard InChI is InChI=1S/C10H13N.C3H8.C2H6/c1-3-5-10-6-7-11-8-9(10)4-2;1-3-2;1-2/h4-8H,3H2,1-2H3;3H2,1-2H3;1-2H3/b9-4-,10-5-;;. The first-order valence-electron chi connectivity index (χ1n) is 6.36. The minimum absolute atomic E-state index is 1.07. The zero-order valence-corrected chi connectivity index (χ0v) is 11.7. The summed E-state index contributed by atoms with van der Waals surface area (Å²) < 4.78 is 0. The first-order valence-corrected chi connectivity index (χ1v) is 6.36. The van der Waals surface area contributed by atoms with Crippen molar-refractivity contribution in [1.82, 2.24) is 4.98 Å². The molecular weight excluding hydrogens is 194 g/mol. The molecule has 1 heteroatoms. The van der Waals surface area contributed by atoms with Crippen LogP contribution in [0.15, 0.2) is 18.5 Å². The van der Waals surface area contributed by atoms with Gasteiger partial charge in [-0.2, -0.15) is 0 Å². The number of rotatable bonds is 1. The molecule has 0 atom stereocenters. The van der Waals surface area contributed by atoms with Crippen LogP contribution in [0, 0.1) is 0 Å². The fourth-order valence-electron chi connectivity index (χ4n) is 1.06.